The number of hydrogen-bond donors (Lipinski definition) is 0. The normalized spacial score (nSPS) is 22.2. The number of carbonyl (C=O) groups is 1. The first-order valence-electron chi connectivity index (χ1n) is 6.55. The smallest absolute Gasteiger partial charge is 0.344 e. The zero-order chi connectivity index (χ0) is 15.7. The maximum Gasteiger partial charge on any atom is 0.344 e. The molecule has 0 aliphatic heterocycles. The SMILES string of the molecule is CC1CCC(OC(=O)c2c(F)c(F)c(F)c(F)c2F)CC1. The monoisotopic (exact) mass is 308 g/mol. The summed E-state index contributed by atoms with van der Waals surface area (Å²) in [4.78, 5) is 11.7. The van der Waals surface area contributed by atoms with Gasteiger partial charge in [-0.05, 0) is 31.6 Å². The summed E-state index contributed by atoms with van der Waals surface area (Å²) in [5.74, 6) is -12.0. The summed E-state index contributed by atoms with van der Waals surface area (Å²) in [6, 6.07) is 0. The Kier molecular flexibility index (Phi) is 4.49. The number of ether oxygens (including phenoxy) is 1. The van der Waals surface area contributed by atoms with Crippen LogP contribution < -0.4 is 0 Å². The molecule has 0 spiro atoms. The van der Waals surface area contributed by atoms with Gasteiger partial charge in [0, 0.05) is 0 Å². The molecule has 1 aliphatic carbocycles. The molecule has 7 heteroatoms. The van der Waals surface area contributed by atoms with Gasteiger partial charge in [0.25, 0.3) is 0 Å². The van der Waals surface area contributed by atoms with Crippen molar-refractivity contribution < 1.29 is 31.5 Å². The van der Waals surface area contributed by atoms with Crippen molar-refractivity contribution in [2.45, 2.75) is 38.7 Å². The molecule has 1 saturated carbocycles. The van der Waals surface area contributed by atoms with Gasteiger partial charge >= 0.3 is 5.97 Å². The van der Waals surface area contributed by atoms with E-state index in [9.17, 15) is 26.7 Å². The molecule has 0 atom stereocenters. The van der Waals surface area contributed by atoms with Crippen LogP contribution in [0.1, 0.15) is 43.0 Å². The minimum Gasteiger partial charge on any atom is -0.459 e. The van der Waals surface area contributed by atoms with Crippen LogP contribution in [0.15, 0.2) is 0 Å². The average Bonchev–Trinajstić information content (AvgIpc) is 2.46. The molecule has 0 N–H and O–H groups in total. The van der Waals surface area contributed by atoms with Gasteiger partial charge in [0.05, 0.1) is 0 Å². The number of halogens is 5. The standard InChI is InChI=1S/C14H13F5O2/c1-6-2-4-7(5-3-6)21-14(20)8-9(15)11(17)13(19)12(18)10(8)16/h6-7H,2-5H2,1H3. The Hall–Kier alpha value is -1.66. The van der Waals surface area contributed by atoms with Crippen LogP contribution in [0.3, 0.4) is 0 Å². The highest BCUT2D eigenvalue weighted by molar-refractivity contribution is 5.90. The summed E-state index contributed by atoms with van der Waals surface area (Å²) in [5.41, 5.74) is -1.54. The van der Waals surface area contributed by atoms with Crippen molar-refractivity contribution in [2.75, 3.05) is 0 Å². The molecule has 116 valence electrons. The van der Waals surface area contributed by atoms with E-state index in [1.807, 2.05) is 6.92 Å². The molecule has 0 radical (unpaired) electrons. The Labute approximate surface area is 117 Å². The summed E-state index contributed by atoms with van der Waals surface area (Å²) in [7, 11) is 0. The van der Waals surface area contributed by atoms with Gasteiger partial charge < -0.3 is 4.74 Å². The first-order chi connectivity index (χ1) is 9.82. The Balaban J connectivity index is 2.24. The number of benzene rings is 1. The molecule has 0 bridgehead atoms. The Bertz CT molecular complexity index is 536. The average molecular weight is 308 g/mol. The van der Waals surface area contributed by atoms with E-state index in [1.165, 1.54) is 0 Å². The van der Waals surface area contributed by atoms with E-state index in [0.717, 1.165) is 12.8 Å². The molecule has 0 heterocycles. The Morgan fingerprint density at radius 3 is 1.76 bits per heavy atom. The third kappa shape index (κ3) is 3.01. The van der Waals surface area contributed by atoms with Gasteiger partial charge in [0.2, 0.25) is 5.82 Å². The van der Waals surface area contributed by atoms with Crippen molar-refractivity contribution in [3.05, 3.63) is 34.6 Å². The van der Waals surface area contributed by atoms with Gasteiger partial charge in [-0.3, -0.25) is 0 Å². The molecule has 1 fully saturated rings. The van der Waals surface area contributed by atoms with Crippen LogP contribution >= 0.6 is 0 Å². The van der Waals surface area contributed by atoms with Gasteiger partial charge in [-0.25, -0.2) is 26.7 Å². The summed E-state index contributed by atoms with van der Waals surface area (Å²) < 4.78 is 70.7. The molecule has 0 unspecified atom stereocenters. The third-order valence-corrected chi connectivity index (χ3v) is 3.65. The Morgan fingerprint density at radius 2 is 1.29 bits per heavy atom. The fourth-order valence-corrected chi connectivity index (χ4v) is 2.34. The number of hydrogen-bond acceptors (Lipinski definition) is 2. The fraction of sp³-hybridized carbons (Fsp3) is 0.500. The third-order valence-electron chi connectivity index (χ3n) is 3.65. The van der Waals surface area contributed by atoms with E-state index in [-0.39, 0.29) is 0 Å². The van der Waals surface area contributed by atoms with Crippen molar-refractivity contribution in [2.24, 2.45) is 5.92 Å². The molecule has 0 saturated heterocycles. The van der Waals surface area contributed by atoms with Crippen LogP contribution in [0.5, 0.6) is 0 Å². The molecule has 0 aromatic heterocycles. The van der Waals surface area contributed by atoms with Gasteiger partial charge in [-0.2, -0.15) is 0 Å². The van der Waals surface area contributed by atoms with Crippen LogP contribution in [-0.2, 0) is 4.74 Å². The van der Waals surface area contributed by atoms with Crippen molar-refractivity contribution in [3.8, 4) is 0 Å². The molecule has 21 heavy (non-hydrogen) atoms. The summed E-state index contributed by atoms with van der Waals surface area (Å²) in [6.07, 6.45) is 1.98. The molecule has 2 nitrogen and oxygen atoms in total. The predicted octanol–water partition coefficient (Wildman–Crippen LogP) is 4.12. The van der Waals surface area contributed by atoms with Crippen molar-refractivity contribution >= 4 is 5.97 Å². The van der Waals surface area contributed by atoms with Gasteiger partial charge in [0.15, 0.2) is 23.3 Å². The molecule has 1 aromatic rings. The highest BCUT2D eigenvalue weighted by atomic mass is 19.2. The predicted molar refractivity (Wildman–Crippen MR) is 63.1 cm³/mol. The van der Waals surface area contributed by atoms with E-state index < -0.39 is 46.7 Å². The summed E-state index contributed by atoms with van der Waals surface area (Å²) >= 11 is 0. The van der Waals surface area contributed by atoms with E-state index in [0.29, 0.717) is 18.8 Å². The topological polar surface area (TPSA) is 26.3 Å². The van der Waals surface area contributed by atoms with Crippen LogP contribution in [0, 0.1) is 35.0 Å². The molecular formula is C14H13F5O2. The molecule has 2 rings (SSSR count). The Morgan fingerprint density at radius 1 is 0.857 bits per heavy atom. The highest BCUT2D eigenvalue weighted by Crippen LogP contribution is 2.28. The quantitative estimate of drug-likeness (QED) is 0.355. The lowest BCUT2D eigenvalue weighted by molar-refractivity contribution is 0.0161. The maximum absolute atomic E-state index is 13.4. The van der Waals surface area contributed by atoms with E-state index in [2.05, 4.69) is 0 Å². The molecule has 1 aromatic carbocycles. The second-order valence-electron chi connectivity index (χ2n) is 5.23. The van der Waals surface area contributed by atoms with E-state index in [1.54, 1.807) is 0 Å². The van der Waals surface area contributed by atoms with Crippen molar-refractivity contribution in [3.63, 3.8) is 0 Å². The molecular weight excluding hydrogens is 295 g/mol. The van der Waals surface area contributed by atoms with Gasteiger partial charge in [0.1, 0.15) is 11.7 Å². The largest absolute Gasteiger partial charge is 0.459 e. The van der Waals surface area contributed by atoms with Crippen LogP contribution in [0.4, 0.5) is 22.0 Å². The first kappa shape index (κ1) is 15.7. The zero-order valence-corrected chi connectivity index (χ0v) is 11.2. The minimum atomic E-state index is -2.30. The van der Waals surface area contributed by atoms with Crippen molar-refractivity contribution in [1.29, 1.82) is 0 Å². The van der Waals surface area contributed by atoms with Crippen LogP contribution in [0.25, 0.3) is 0 Å². The molecule has 0 amide bonds. The van der Waals surface area contributed by atoms with Gasteiger partial charge in [-0.15, -0.1) is 0 Å². The minimum absolute atomic E-state index is 0.453. The fourth-order valence-electron chi connectivity index (χ4n) is 2.34. The second-order valence-corrected chi connectivity index (χ2v) is 5.23. The maximum atomic E-state index is 13.4. The summed E-state index contributed by atoms with van der Waals surface area (Å²) in [5, 5.41) is 0. The van der Waals surface area contributed by atoms with Crippen LogP contribution in [-0.4, -0.2) is 12.1 Å². The number of esters is 1. The summed E-state index contributed by atoms with van der Waals surface area (Å²) in [6.45, 7) is 2.02. The van der Waals surface area contributed by atoms with Crippen LogP contribution in [0.2, 0.25) is 0 Å². The second kappa shape index (κ2) is 5.99. The van der Waals surface area contributed by atoms with Crippen molar-refractivity contribution in [1.82, 2.24) is 0 Å². The highest BCUT2D eigenvalue weighted by Gasteiger charge is 2.32. The zero-order valence-electron chi connectivity index (χ0n) is 11.2. The number of rotatable bonds is 2. The molecule has 1 aliphatic rings. The lowest BCUT2D eigenvalue weighted by atomic mass is 9.89. The lowest BCUT2D eigenvalue weighted by Gasteiger charge is -2.26. The van der Waals surface area contributed by atoms with E-state index >= 15 is 0 Å². The first-order valence-corrected chi connectivity index (χ1v) is 6.55. The van der Waals surface area contributed by atoms with Gasteiger partial charge in [-0.1, -0.05) is 6.92 Å². The lowest BCUT2D eigenvalue weighted by Crippen LogP contribution is -2.25. The van der Waals surface area contributed by atoms with E-state index in [4.69, 9.17) is 4.74 Å². The number of carbonyl (C=O) groups excluding carboxylic acids is 1.